The summed E-state index contributed by atoms with van der Waals surface area (Å²) in [4.78, 5) is 18.6. The van der Waals surface area contributed by atoms with Gasteiger partial charge in [-0.05, 0) is 49.4 Å². The standard InChI is InChI=1S/C23H26F3N5O/c1-14-7-9-31(10-8-14)21-17(4-6-20(29-21)23(24,25)26)12-27-22(32)15(2)16-3-5-19-18(11-16)13-28-30-19/h3-6,11,13-15H,7-10,12H2,1-2H3,(H,27,32)(H,28,30). The number of nitrogens with zero attached hydrogens (tertiary/aromatic N) is 3. The number of carbonyl (C=O) groups excluding carboxylic acids is 1. The Labute approximate surface area is 184 Å². The van der Waals surface area contributed by atoms with Crippen LogP contribution in [-0.4, -0.2) is 34.2 Å². The predicted molar refractivity (Wildman–Crippen MR) is 116 cm³/mol. The molecule has 3 aromatic rings. The lowest BCUT2D eigenvalue weighted by Gasteiger charge is -2.33. The molecule has 9 heteroatoms. The molecule has 32 heavy (non-hydrogen) atoms. The van der Waals surface area contributed by atoms with E-state index in [0.29, 0.717) is 30.4 Å². The van der Waals surface area contributed by atoms with E-state index in [2.05, 4.69) is 27.4 Å². The molecule has 1 unspecified atom stereocenters. The molecule has 6 nitrogen and oxygen atoms in total. The molecule has 170 valence electrons. The van der Waals surface area contributed by atoms with E-state index in [4.69, 9.17) is 0 Å². The van der Waals surface area contributed by atoms with E-state index in [-0.39, 0.29) is 12.5 Å². The molecule has 0 radical (unpaired) electrons. The Balaban J connectivity index is 1.51. The molecule has 1 fully saturated rings. The van der Waals surface area contributed by atoms with Gasteiger partial charge in [0, 0.05) is 30.6 Å². The third-order valence-electron chi connectivity index (χ3n) is 6.14. The third kappa shape index (κ3) is 4.71. The topological polar surface area (TPSA) is 73.9 Å². The molecule has 3 heterocycles. The van der Waals surface area contributed by atoms with E-state index in [1.165, 1.54) is 6.07 Å². The van der Waals surface area contributed by atoms with Crippen LogP contribution in [0.2, 0.25) is 0 Å². The maximum absolute atomic E-state index is 13.3. The Morgan fingerprint density at radius 3 is 2.72 bits per heavy atom. The molecule has 1 aliphatic rings. The van der Waals surface area contributed by atoms with Gasteiger partial charge in [0.05, 0.1) is 17.6 Å². The maximum Gasteiger partial charge on any atom is 0.433 e. The van der Waals surface area contributed by atoms with Gasteiger partial charge >= 0.3 is 6.18 Å². The van der Waals surface area contributed by atoms with Gasteiger partial charge < -0.3 is 10.2 Å². The first-order valence-electron chi connectivity index (χ1n) is 10.7. The molecule has 0 saturated carbocycles. The van der Waals surface area contributed by atoms with Gasteiger partial charge in [0.25, 0.3) is 0 Å². The van der Waals surface area contributed by atoms with Crippen LogP contribution in [0.4, 0.5) is 19.0 Å². The van der Waals surface area contributed by atoms with Crippen molar-refractivity contribution in [2.45, 2.75) is 45.3 Å². The van der Waals surface area contributed by atoms with E-state index >= 15 is 0 Å². The summed E-state index contributed by atoms with van der Waals surface area (Å²) in [5.74, 6) is 0.218. The van der Waals surface area contributed by atoms with Gasteiger partial charge in [-0.25, -0.2) is 4.98 Å². The number of benzene rings is 1. The van der Waals surface area contributed by atoms with E-state index in [9.17, 15) is 18.0 Å². The van der Waals surface area contributed by atoms with Crippen LogP contribution in [0.3, 0.4) is 0 Å². The fourth-order valence-electron chi connectivity index (χ4n) is 3.98. The monoisotopic (exact) mass is 445 g/mol. The Bertz CT molecular complexity index is 1100. The van der Waals surface area contributed by atoms with Crippen LogP contribution >= 0.6 is 0 Å². The van der Waals surface area contributed by atoms with Gasteiger partial charge in [-0.2, -0.15) is 18.3 Å². The lowest BCUT2D eigenvalue weighted by molar-refractivity contribution is -0.141. The van der Waals surface area contributed by atoms with Crippen LogP contribution in [0.5, 0.6) is 0 Å². The molecule has 4 rings (SSSR count). The zero-order valence-corrected chi connectivity index (χ0v) is 18.0. The fourth-order valence-corrected chi connectivity index (χ4v) is 3.98. The number of hydrogen-bond donors (Lipinski definition) is 2. The summed E-state index contributed by atoms with van der Waals surface area (Å²) in [5.41, 5.74) is 1.39. The van der Waals surface area contributed by atoms with E-state index in [1.54, 1.807) is 13.1 Å². The number of alkyl halides is 3. The number of aromatic amines is 1. The summed E-state index contributed by atoms with van der Waals surface area (Å²) in [6.45, 7) is 5.35. The second-order valence-electron chi connectivity index (χ2n) is 8.50. The summed E-state index contributed by atoms with van der Waals surface area (Å²) in [5, 5.41) is 10.7. The van der Waals surface area contributed by atoms with Crippen LogP contribution in [0.15, 0.2) is 36.5 Å². The maximum atomic E-state index is 13.3. The number of nitrogens with one attached hydrogen (secondary N) is 2. The van der Waals surface area contributed by atoms with Crippen molar-refractivity contribution in [1.29, 1.82) is 0 Å². The third-order valence-corrected chi connectivity index (χ3v) is 6.14. The minimum Gasteiger partial charge on any atom is -0.356 e. The van der Waals surface area contributed by atoms with Crippen LogP contribution in [-0.2, 0) is 17.5 Å². The number of aromatic nitrogens is 3. The normalized spacial score (nSPS) is 16.3. The van der Waals surface area contributed by atoms with E-state index in [1.807, 2.05) is 23.1 Å². The summed E-state index contributed by atoms with van der Waals surface area (Å²) in [7, 11) is 0. The van der Waals surface area contributed by atoms with Crippen molar-refractivity contribution in [3.8, 4) is 0 Å². The zero-order valence-electron chi connectivity index (χ0n) is 18.0. The van der Waals surface area contributed by atoms with Crippen LogP contribution in [0, 0.1) is 5.92 Å². The first-order valence-corrected chi connectivity index (χ1v) is 10.7. The Hall–Kier alpha value is -3.10. The molecule has 1 amide bonds. The number of amides is 1. The number of fused-ring (bicyclic) bond motifs is 1. The van der Waals surface area contributed by atoms with Crippen molar-refractivity contribution in [2.75, 3.05) is 18.0 Å². The minimum atomic E-state index is -4.51. The molecule has 2 aromatic heterocycles. The largest absolute Gasteiger partial charge is 0.433 e. The van der Waals surface area contributed by atoms with Crippen LogP contribution < -0.4 is 10.2 Å². The minimum absolute atomic E-state index is 0.115. The van der Waals surface area contributed by atoms with Gasteiger partial charge in [0.2, 0.25) is 5.91 Å². The second kappa shape index (κ2) is 8.80. The number of piperidine rings is 1. The molecule has 1 atom stereocenters. The van der Waals surface area contributed by atoms with Gasteiger partial charge in [-0.1, -0.05) is 19.1 Å². The summed E-state index contributed by atoms with van der Waals surface area (Å²) in [6.07, 6.45) is -1.02. The highest BCUT2D eigenvalue weighted by Crippen LogP contribution is 2.32. The molecule has 0 bridgehead atoms. The Morgan fingerprint density at radius 2 is 2.00 bits per heavy atom. The lowest BCUT2D eigenvalue weighted by Crippen LogP contribution is -2.35. The highest BCUT2D eigenvalue weighted by Gasteiger charge is 2.34. The second-order valence-corrected chi connectivity index (χ2v) is 8.50. The first-order chi connectivity index (χ1) is 15.2. The van der Waals surface area contributed by atoms with Gasteiger partial charge in [-0.3, -0.25) is 9.89 Å². The number of carbonyl (C=O) groups is 1. The predicted octanol–water partition coefficient (Wildman–Crippen LogP) is 4.63. The molecule has 0 spiro atoms. The van der Waals surface area contributed by atoms with Crippen molar-refractivity contribution in [2.24, 2.45) is 5.92 Å². The van der Waals surface area contributed by atoms with Gasteiger partial charge in [0.15, 0.2) is 0 Å². The molecule has 2 N–H and O–H groups in total. The van der Waals surface area contributed by atoms with E-state index < -0.39 is 17.8 Å². The molecular formula is C23H26F3N5O. The van der Waals surface area contributed by atoms with Crippen molar-refractivity contribution in [3.63, 3.8) is 0 Å². The lowest BCUT2D eigenvalue weighted by atomic mass is 9.98. The van der Waals surface area contributed by atoms with Crippen LogP contribution in [0.1, 0.15) is 49.4 Å². The molecule has 0 aliphatic carbocycles. The van der Waals surface area contributed by atoms with E-state index in [0.717, 1.165) is 35.4 Å². The number of anilines is 1. The number of hydrogen-bond acceptors (Lipinski definition) is 4. The summed E-state index contributed by atoms with van der Waals surface area (Å²) >= 11 is 0. The average Bonchev–Trinajstić information content (AvgIpc) is 3.24. The van der Waals surface area contributed by atoms with Crippen molar-refractivity contribution in [3.05, 3.63) is 53.3 Å². The number of pyridine rings is 1. The average molecular weight is 445 g/mol. The molecular weight excluding hydrogens is 419 g/mol. The molecule has 1 aromatic carbocycles. The Morgan fingerprint density at radius 1 is 1.25 bits per heavy atom. The SMILES string of the molecule is CC1CCN(c2nc(C(F)(F)F)ccc2CNC(=O)C(C)c2ccc3[nH]ncc3c2)CC1. The highest BCUT2D eigenvalue weighted by molar-refractivity contribution is 5.86. The zero-order chi connectivity index (χ0) is 22.9. The quantitative estimate of drug-likeness (QED) is 0.601. The van der Waals surface area contributed by atoms with Gasteiger partial charge in [-0.15, -0.1) is 0 Å². The smallest absolute Gasteiger partial charge is 0.356 e. The van der Waals surface area contributed by atoms with Crippen molar-refractivity contribution in [1.82, 2.24) is 20.5 Å². The summed E-state index contributed by atoms with van der Waals surface area (Å²) < 4.78 is 39.8. The summed E-state index contributed by atoms with van der Waals surface area (Å²) in [6, 6.07) is 8.05. The Kier molecular flexibility index (Phi) is 6.08. The van der Waals surface area contributed by atoms with Crippen molar-refractivity contribution >= 4 is 22.6 Å². The molecule has 1 aliphatic heterocycles. The van der Waals surface area contributed by atoms with Gasteiger partial charge in [0.1, 0.15) is 11.5 Å². The van der Waals surface area contributed by atoms with Crippen LogP contribution in [0.25, 0.3) is 10.9 Å². The van der Waals surface area contributed by atoms with Crippen molar-refractivity contribution < 1.29 is 18.0 Å². The number of halogens is 3. The molecule has 1 saturated heterocycles. The number of H-pyrrole nitrogens is 1. The fraction of sp³-hybridized carbons (Fsp3) is 0.435. The highest BCUT2D eigenvalue weighted by atomic mass is 19.4. The first kappa shape index (κ1) is 22.1. The number of rotatable bonds is 5.